The Bertz CT molecular complexity index is 554. The predicted molar refractivity (Wildman–Crippen MR) is 90.1 cm³/mol. The quantitative estimate of drug-likeness (QED) is 0.692. The number of hydrogen-bond donors (Lipinski definition) is 0. The number of hydrogen-bond acceptors (Lipinski definition) is 1. The summed E-state index contributed by atoms with van der Waals surface area (Å²) >= 11 is 0. The third kappa shape index (κ3) is 3.62. The van der Waals surface area contributed by atoms with Crippen LogP contribution in [0.25, 0.3) is 0 Å². The van der Waals surface area contributed by atoms with Gasteiger partial charge < -0.3 is 0 Å². The van der Waals surface area contributed by atoms with E-state index in [2.05, 4.69) is 60.7 Å². The molecule has 1 heterocycles. The van der Waals surface area contributed by atoms with E-state index in [1.807, 2.05) is 0 Å². The highest BCUT2D eigenvalue weighted by Gasteiger charge is 2.31. The molecule has 1 atom stereocenters. The molecular weight excluding hydrogens is 270 g/mol. The Labute approximate surface area is 132 Å². The highest BCUT2D eigenvalue weighted by atomic mass is 16.3. The van der Waals surface area contributed by atoms with Crippen LogP contribution in [-0.2, 0) is 0 Å². The molecule has 0 N–H and O–H groups in total. The van der Waals surface area contributed by atoms with Gasteiger partial charge in [0.15, 0.2) is 6.54 Å². The Balaban J connectivity index is 1.68. The van der Waals surface area contributed by atoms with Crippen molar-refractivity contribution in [2.45, 2.75) is 44.1 Å². The van der Waals surface area contributed by atoms with Crippen molar-refractivity contribution in [3.63, 3.8) is 0 Å². The van der Waals surface area contributed by atoms with Gasteiger partial charge in [-0.05, 0) is 24.0 Å². The van der Waals surface area contributed by atoms with E-state index in [4.69, 9.17) is 0 Å². The summed E-state index contributed by atoms with van der Waals surface area (Å²) < 4.78 is 1.29. The highest BCUT2D eigenvalue weighted by molar-refractivity contribution is 5.32. The van der Waals surface area contributed by atoms with E-state index in [9.17, 15) is 4.91 Å². The summed E-state index contributed by atoms with van der Waals surface area (Å²) in [6.07, 6.45) is 5.38. The Hall–Kier alpha value is -1.96. The van der Waals surface area contributed by atoms with Crippen LogP contribution in [0.15, 0.2) is 60.7 Å². The fraction of sp³-hybridized carbons (Fsp3) is 0.400. The largest absolute Gasteiger partial charge is 0.201 e. The van der Waals surface area contributed by atoms with Crippen molar-refractivity contribution in [1.82, 2.24) is 0 Å². The topological polar surface area (TPSA) is 20.1 Å². The van der Waals surface area contributed by atoms with Gasteiger partial charge in [0, 0.05) is 34.8 Å². The van der Waals surface area contributed by atoms with Gasteiger partial charge in [-0.1, -0.05) is 60.7 Å². The maximum absolute atomic E-state index is 11.7. The van der Waals surface area contributed by atoms with Crippen LogP contribution in [0.1, 0.15) is 49.1 Å². The first-order chi connectivity index (χ1) is 10.8. The smallest absolute Gasteiger partial charge is 0.0622 e. The molecule has 0 spiro atoms. The molecule has 0 aliphatic carbocycles. The maximum Gasteiger partial charge on any atom is 0.201 e. The van der Waals surface area contributed by atoms with E-state index in [0.29, 0.717) is 5.92 Å². The normalized spacial score (nSPS) is 18.0. The standard InChI is InChI=1S/C20H24NO/c22-21-16-8-14-19(21)13-7-15-20(17-9-3-1-4-10-17)18-11-5-2-6-12-18/h1-6,9-12,19-20H,7-8,13-16H2/q+1. The summed E-state index contributed by atoms with van der Waals surface area (Å²) in [4.78, 5) is 11.7. The van der Waals surface area contributed by atoms with Crippen LogP contribution in [0.5, 0.6) is 0 Å². The second-order valence-corrected chi connectivity index (χ2v) is 6.24. The summed E-state index contributed by atoms with van der Waals surface area (Å²) in [6, 6.07) is 21.7. The van der Waals surface area contributed by atoms with E-state index in [-0.39, 0.29) is 6.04 Å². The van der Waals surface area contributed by atoms with Crippen molar-refractivity contribution < 1.29 is 4.76 Å². The van der Waals surface area contributed by atoms with Crippen molar-refractivity contribution in [2.75, 3.05) is 6.54 Å². The van der Waals surface area contributed by atoms with E-state index in [1.54, 1.807) is 0 Å². The van der Waals surface area contributed by atoms with E-state index in [0.717, 1.165) is 38.6 Å². The van der Waals surface area contributed by atoms with Gasteiger partial charge in [0.25, 0.3) is 0 Å². The molecule has 1 fully saturated rings. The lowest BCUT2D eigenvalue weighted by Gasteiger charge is -2.18. The molecule has 0 aromatic heterocycles. The lowest BCUT2D eigenvalue weighted by molar-refractivity contribution is -0.565. The van der Waals surface area contributed by atoms with Gasteiger partial charge in [0.1, 0.15) is 0 Å². The maximum atomic E-state index is 11.7. The van der Waals surface area contributed by atoms with Crippen LogP contribution in [0.3, 0.4) is 0 Å². The van der Waals surface area contributed by atoms with Crippen LogP contribution < -0.4 is 0 Å². The second-order valence-electron chi connectivity index (χ2n) is 6.24. The van der Waals surface area contributed by atoms with E-state index in [1.165, 1.54) is 15.9 Å². The van der Waals surface area contributed by atoms with Crippen LogP contribution in [0.4, 0.5) is 0 Å². The minimum Gasteiger partial charge on any atom is -0.0622 e. The third-order valence-corrected chi connectivity index (χ3v) is 4.76. The lowest BCUT2D eigenvalue weighted by Crippen LogP contribution is -2.16. The van der Waals surface area contributed by atoms with Crippen LogP contribution in [-0.4, -0.2) is 17.3 Å². The van der Waals surface area contributed by atoms with Crippen LogP contribution in [0.2, 0.25) is 0 Å². The molecule has 22 heavy (non-hydrogen) atoms. The fourth-order valence-electron chi connectivity index (χ4n) is 3.55. The molecule has 1 aliphatic rings. The predicted octanol–water partition coefficient (Wildman–Crippen LogP) is 4.93. The number of nitroso groups, excluding NO2 is 1. The molecule has 3 rings (SSSR count). The summed E-state index contributed by atoms with van der Waals surface area (Å²) in [6.45, 7) is 0.728. The Morgan fingerprint density at radius 3 is 2.05 bits per heavy atom. The van der Waals surface area contributed by atoms with Crippen molar-refractivity contribution in [3.8, 4) is 0 Å². The van der Waals surface area contributed by atoms with Gasteiger partial charge in [0.2, 0.25) is 6.04 Å². The molecular formula is C20H24NO+. The summed E-state index contributed by atoms with van der Waals surface area (Å²) in [5.41, 5.74) is 2.75. The minimum absolute atomic E-state index is 0.257. The molecule has 1 aliphatic heterocycles. The molecule has 2 aromatic carbocycles. The zero-order chi connectivity index (χ0) is 15.2. The highest BCUT2D eigenvalue weighted by Crippen LogP contribution is 2.30. The first kappa shape index (κ1) is 15.0. The number of rotatable bonds is 6. The molecule has 0 amide bonds. The molecule has 114 valence electrons. The second kappa shape index (κ2) is 7.35. The molecule has 0 saturated carbocycles. The summed E-state index contributed by atoms with van der Waals surface area (Å²) in [5, 5.41) is 0. The van der Waals surface area contributed by atoms with Gasteiger partial charge in [-0.15, -0.1) is 0 Å². The Kier molecular flexibility index (Phi) is 4.99. The molecule has 2 nitrogen and oxygen atoms in total. The van der Waals surface area contributed by atoms with Gasteiger partial charge in [0.05, 0.1) is 0 Å². The van der Waals surface area contributed by atoms with Crippen molar-refractivity contribution in [1.29, 1.82) is 0 Å². The molecule has 2 aromatic rings. The van der Waals surface area contributed by atoms with Crippen LogP contribution in [0, 0.1) is 4.91 Å². The van der Waals surface area contributed by atoms with Crippen molar-refractivity contribution in [3.05, 3.63) is 76.7 Å². The Morgan fingerprint density at radius 2 is 1.55 bits per heavy atom. The average Bonchev–Trinajstić information content (AvgIpc) is 2.98. The molecule has 1 unspecified atom stereocenters. The summed E-state index contributed by atoms with van der Waals surface area (Å²) in [5.74, 6) is 0.434. The number of nitrogens with zero attached hydrogens (tertiary/aromatic N) is 1. The number of benzene rings is 2. The van der Waals surface area contributed by atoms with E-state index >= 15 is 0 Å². The zero-order valence-electron chi connectivity index (χ0n) is 13.0. The summed E-state index contributed by atoms with van der Waals surface area (Å²) in [7, 11) is 0. The van der Waals surface area contributed by atoms with Gasteiger partial charge in [-0.2, -0.15) is 0 Å². The molecule has 2 heteroatoms. The zero-order valence-corrected chi connectivity index (χ0v) is 13.0. The third-order valence-electron chi connectivity index (χ3n) is 4.76. The lowest BCUT2D eigenvalue weighted by atomic mass is 9.86. The minimum atomic E-state index is 0.257. The first-order valence-corrected chi connectivity index (χ1v) is 8.38. The van der Waals surface area contributed by atoms with E-state index < -0.39 is 0 Å². The molecule has 0 bridgehead atoms. The fourth-order valence-corrected chi connectivity index (χ4v) is 3.55. The van der Waals surface area contributed by atoms with Gasteiger partial charge in [-0.3, -0.25) is 0 Å². The van der Waals surface area contributed by atoms with Crippen LogP contribution >= 0.6 is 0 Å². The van der Waals surface area contributed by atoms with Gasteiger partial charge in [-0.25, -0.2) is 0 Å². The monoisotopic (exact) mass is 294 g/mol. The average molecular weight is 294 g/mol. The van der Waals surface area contributed by atoms with Gasteiger partial charge >= 0.3 is 0 Å². The van der Waals surface area contributed by atoms with Crippen molar-refractivity contribution >= 4 is 0 Å². The first-order valence-electron chi connectivity index (χ1n) is 8.38. The molecule has 1 saturated heterocycles. The van der Waals surface area contributed by atoms with Crippen molar-refractivity contribution in [2.24, 2.45) is 0 Å². The Morgan fingerprint density at radius 1 is 0.955 bits per heavy atom. The molecule has 0 radical (unpaired) electrons. The SMILES string of the molecule is O=[N+]1CCCC1CCCC(c1ccccc1)c1ccccc1.